The fraction of sp³-hybridized carbons (Fsp3) is 0.667. The summed E-state index contributed by atoms with van der Waals surface area (Å²) in [5, 5.41) is 6.30. The third-order valence-corrected chi connectivity index (χ3v) is 3.82. The standard InChI is InChI=1S/C12H21BrN4/c1-8(2)12(3,4)7-16-10-9(13)6-15-11(14-5)17-10/h6,8H,7H2,1-5H3,(H2,14,15,16,17). The van der Waals surface area contributed by atoms with Crippen LogP contribution in [-0.2, 0) is 0 Å². The second-order valence-corrected chi connectivity index (χ2v) is 5.99. The van der Waals surface area contributed by atoms with E-state index in [1.54, 1.807) is 6.20 Å². The monoisotopic (exact) mass is 300 g/mol. The molecule has 0 amide bonds. The molecule has 0 saturated heterocycles. The summed E-state index contributed by atoms with van der Waals surface area (Å²) in [5.74, 6) is 2.07. The highest BCUT2D eigenvalue weighted by Crippen LogP contribution is 2.28. The van der Waals surface area contributed by atoms with Gasteiger partial charge in [-0.1, -0.05) is 27.7 Å². The molecule has 0 aromatic carbocycles. The predicted octanol–water partition coefficient (Wildman–Crippen LogP) is 3.37. The van der Waals surface area contributed by atoms with Crippen molar-refractivity contribution in [1.82, 2.24) is 9.97 Å². The van der Waals surface area contributed by atoms with Crippen LogP contribution in [0.3, 0.4) is 0 Å². The second-order valence-electron chi connectivity index (χ2n) is 5.14. The Morgan fingerprint density at radius 1 is 1.41 bits per heavy atom. The maximum absolute atomic E-state index is 4.37. The minimum absolute atomic E-state index is 0.226. The van der Waals surface area contributed by atoms with Crippen LogP contribution in [0.1, 0.15) is 27.7 Å². The van der Waals surface area contributed by atoms with Gasteiger partial charge in [-0.05, 0) is 27.3 Å². The van der Waals surface area contributed by atoms with E-state index < -0.39 is 0 Å². The zero-order valence-corrected chi connectivity index (χ0v) is 12.7. The lowest BCUT2D eigenvalue weighted by atomic mass is 9.81. The number of anilines is 2. The molecule has 0 spiro atoms. The number of nitrogens with zero attached hydrogens (tertiary/aromatic N) is 2. The van der Waals surface area contributed by atoms with Gasteiger partial charge in [0.15, 0.2) is 0 Å². The Hall–Kier alpha value is -0.840. The van der Waals surface area contributed by atoms with Crippen molar-refractivity contribution < 1.29 is 0 Å². The van der Waals surface area contributed by atoms with Crippen LogP contribution in [0.5, 0.6) is 0 Å². The molecule has 0 aliphatic heterocycles. The quantitative estimate of drug-likeness (QED) is 0.875. The van der Waals surface area contributed by atoms with E-state index in [1.165, 1.54) is 0 Å². The zero-order valence-electron chi connectivity index (χ0n) is 11.1. The lowest BCUT2D eigenvalue weighted by Gasteiger charge is -2.29. The van der Waals surface area contributed by atoms with Gasteiger partial charge in [-0.2, -0.15) is 4.98 Å². The van der Waals surface area contributed by atoms with E-state index in [0.29, 0.717) is 11.9 Å². The van der Waals surface area contributed by atoms with E-state index >= 15 is 0 Å². The highest BCUT2D eigenvalue weighted by Gasteiger charge is 2.22. The summed E-state index contributed by atoms with van der Waals surface area (Å²) in [5.41, 5.74) is 0.226. The molecule has 17 heavy (non-hydrogen) atoms. The van der Waals surface area contributed by atoms with Gasteiger partial charge in [-0.3, -0.25) is 0 Å². The SMILES string of the molecule is CNc1ncc(Br)c(NCC(C)(C)C(C)C)n1. The molecule has 1 rings (SSSR count). The van der Waals surface area contributed by atoms with E-state index in [0.717, 1.165) is 16.8 Å². The molecule has 2 N–H and O–H groups in total. The Morgan fingerprint density at radius 3 is 2.59 bits per heavy atom. The summed E-state index contributed by atoms with van der Waals surface area (Å²) < 4.78 is 0.885. The molecule has 0 bridgehead atoms. The van der Waals surface area contributed by atoms with Crippen LogP contribution in [0.2, 0.25) is 0 Å². The lowest BCUT2D eigenvalue weighted by Crippen LogP contribution is -2.29. The topological polar surface area (TPSA) is 49.8 Å². The van der Waals surface area contributed by atoms with Crippen LogP contribution in [0.25, 0.3) is 0 Å². The van der Waals surface area contributed by atoms with Gasteiger partial charge in [0.2, 0.25) is 5.95 Å². The molecule has 1 aromatic heterocycles. The van der Waals surface area contributed by atoms with Gasteiger partial charge in [0.1, 0.15) is 5.82 Å². The van der Waals surface area contributed by atoms with Crippen LogP contribution >= 0.6 is 15.9 Å². The third-order valence-electron chi connectivity index (χ3n) is 3.24. The molecule has 0 fully saturated rings. The highest BCUT2D eigenvalue weighted by molar-refractivity contribution is 9.10. The van der Waals surface area contributed by atoms with Crippen molar-refractivity contribution in [2.45, 2.75) is 27.7 Å². The molecule has 96 valence electrons. The number of nitrogens with one attached hydrogen (secondary N) is 2. The molecule has 0 aliphatic carbocycles. The van der Waals surface area contributed by atoms with Crippen molar-refractivity contribution in [3.05, 3.63) is 10.7 Å². The fourth-order valence-electron chi connectivity index (χ4n) is 1.13. The Balaban J connectivity index is 2.75. The van der Waals surface area contributed by atoms with Gasteiger partial charge >= 0.3 is 0 Å². The molecular formula is C12H21BrN4. The summed E-state index contributed by atoms with van der Waals surface area (Å²) >= 11 is 3.45. The number of halogens is 1. The van der Waals surface area contributed by atoms with Gasteiger partial charge in [0.25, 0.3) is 0 Å². The van der Waals surface area contributed by atoms with Crippen LogP contribution in [0, 0.1) is 11.3 Å². The lowest BCUT2D eigenvalue weighted by molar-refractivity contribution is 0.269. The Kier molecular flexibility index (Phi) is 4.74. The van der Waals surface area contributed by atoms with E-state index in [4.69, 9.17) is 0 Å². The Morgan fingerprint density at radius 2 is 2.06 bits per heavy atom. The van der Waals surface area contributed by atoms with E-state index in [1.807, 2.05) is 7.05 Å². The summed E-state index contributed by atoms with van der Waals surface area (Å²) in [7, 11) is 1.81. The third kappa shape index (κ3) is 3.84. The number of aromatic nitrogens is 2. The van der Waals surface area contributed by atoms with E-state index in [-0.39, 0.29) is 5.41 Å². The second kappa shape index (κ2) is 5.67. The van der Waals surface area contributed by atoms with Crippen molar-refractivity contribution in [2.24, 2.45) is 11.3 Å². The van der Waals surface area contributed by atoms with Crippen molar-refractivity contribution in [2.75, 3.05) is 24.2 Å². The molecular weight excluding hydrogens is 280 g/mol. The molecule has 0 aliphatic rings. The van der Waals surface area contributed by atoms with Crippen LogP contribution in [-0.4, -0.2) is 23.6 Å². The van der Waals surface area contributed by atoms with Crippen molar-refractivity contribution in [1.29, 1.82) is 0 Å². The maximum Gasteiger partial charge on any atom is 0.224 e. The van der Waals surface area contributed by atoms with Gasteiger partial charge in [-0.25, -0.2) is 4.98 Å². The molecule has 0 unspecified atom stereocenters. The van der Waals surface area contributed by atoms with Crippen molar-refractivity contribution in [3.8, 4) is 0 Å². The minimum Gasteiger partial charge on any atom is -0.368 e. The fourth-order valence-corrected chi connectivity index (χ4v) is 1.46. The van der Waals surface area contributed by atoms with Crippen LogP contribution < -0.4 is 10.6 Å². The Labute approximate surface area is 112 Å². The average molecular weight is 301 g/mol. The molecule has 0 saturated carbocycles. The summed E-state index contributed by atoms with van der Waals surface area (Å²) in [6.45, 7) is 9.84. The summed E-state index contributed by atoms with van der Waals surface area (Å²) in [4.78, 5) is 8.50. The first-order valence-corrected chi connectivity index (χ1v) is 6.60. The van der Waals surface area contributed by atoms with Gasteiger partial charge in [-0.15, -0.1) is 0 Å². The molecule has 4 nitrogen and oxygen atoms in total. The van der Waals surface area contributed by atoms with Crippen molar-refractivity contribution >= 4 is 27.7 Å². The van der Waals surface area contributed by atoms with Crippen molar-refractivity contribution in [3.63, 3.8) is 0 Å². The highest BCUT2D eigenvalue weighted by atomic mass is 79.9. The van der Waals surface area contributed by atoms with Gasteiger partial charge < -0.3 is 10.6 Å². The largest absolute Gasteiger partial charge is 0.368 e. The molecule has 0 radical (unpaired) electrons. The average Bonchev–Trinajstić information content (AvgIpc) is 2.28. The smallest absolute Gasteiger partial charge is 0.224 e. The minimum atomic E-state index is 0.226. The first-order valence-electron chi connectivity index (χ1n) is 5.81. The van der Waals surface area contributed by atoms with E-state index in [2.05, 4.69) is 64.2 Å². The first kappa shape index (κ1) is 14.2. The summed E-state index contributed by atoms with van der Waals surface area (Å²) in [6, 6.07) is 0. The molecule has 0 atom stereocenters. The normalized spacial score (nSPS) is 11.7. The van der Waals surface area contributed by atoms with Gasteiger partial charge in [0.05, 0.1) is 4.47 Å². The Bertz CT molecular complexity index is 377. The van der Waals surface area contributed by atoms with Crippen LogP contribution in [0.4, 0.5) is 11.8 Å². The van der Waals surface area contributed by atoms with E-state index in [9.17, 15) is 0 Å². The number of rotatable bonds is 5. The number of hydrogen-bond acceptors (Lipinski definition) is 4. The molecule has 5 heteroatoms. The number of hydrogen-bond donors (Lipinski definition) is 2. The maximum atomic E-state index is 4.37. The molecule has 1 heterocycles. The molecule has 1 aromatic rings. The zero-order chi connectivity index (χ0) is 13.1. The first-order chi connectivity index (χ1) is 7.86. The summed E-state index contributed by atoms with van der Waals surface area (Å²) in [6.07, 6.45) is 1.75. The van der Waals surface area contributed by atoms with Gasteiger partial charge in [0, 0.05) is 19.8 Å². The predicted molar refractivity (Wildman–Crippen MR) is 76.4 cm³/mol. The van der Waals surface area contributed by atoms with Crippen LogP contribution in [0.15, 0.2) is 10.7 Å².